The van der Waals surface area contributed by atoms with Crippen LogP contribution >= 0.6 is 15.9 Å². The normalized spacial score (nSPS) is 13.3. The molecule has 0 saturated heterocycles. The molecule has 2 atom stereocenters. The highest BCUT2D eigenvalue weighted by atomic mass is 79.9. The first-order chi connectivity index (χ1) is 9.04. The molecule has 0 fully saturated rings. The number of nitrogens with zero attached hydrogens (tertiary/aromatic N) is 3. The Morgan fingerprint density at radius 1 is 1.32 bits per heavy atom. The Bertz CT molecular complexity index is 491. The molecule has 0 spiro atoms. The maximum absolute atomic E-state index is 10.0. The Labute approximate surface area is 118 Å². The van der Waals surface area contributed by atoms with Crippen molar-refractivity contribution in [3.05, 3.63) is 32.6 Å². The zero-order chi connectivity index (χ0) is 14.4. The molecular formula is C11H14BrN3O4. The highest BCUT2D eigenvalue weighted by Gasteiger charge is 2.22. The van der Waals surface area contributed by atoms with Crippen molar-refractivity contribution in [3.8, 4) is 11.5 Å². The summed E-state index contributed by atoms with van der Waals surface area (Å²) in [5.41, 5.74) is 8.61. The fourth-order valence-corrected chi connectivity index (χ4v) is 2.08. The summed E-state index contributed by atoms with van der Waals surface area (Å²) in [6.45, 7) is -0.224. The Morgan fingerprint density at radius 3 is 2.42 bits per heavy atom. The van der Waals surface area contributed by atoms with E-state index in [1.54, 1.807) is 12.1 Å². The van der Waals surface area contributed by atoms with Gasteiger partial charge in [-0.3, -0.25) is 0 Å². The van der Waals surface area contributed by atoms with E-state index in [1.807, 2.05) is 0 Å². The molecule has 2 unspecified atom stereocenters. The molecule has 0 aromatic heterocycles. The fourth-order valence-electron chi connectivity index (χ4n) is 1.52. The summed E-state index contributed by atoms with van der Waals surface area (Å²) < 4.78 is 10.8. The average Bonchev–Trinajstić information content (AvgIpc) is 2.43. The number of rotatable bonds is 6. The molecule has 104 valence electrons. The predicted molar refractivity (Wildman–Crippen MR) is 72.2 cm³/mol. The smallest absolute Gasteiger partial charge is 0.161 e. The number of azide groups is 1. The van der Waals surface area contributed by atoms with Gasteiger partial charge in [-0.2, -0.15) is 0 Å². The van der Waals surface area contributed by atoms with Crippen LogP contribution in [0.25, 0.3) is 10.4 Å². The quantitative estimate of drug-likeness (QED) is 0.473. The van der Waals surface area contributed by atoms with Gasteiger partial charge < -0.3 is 19.7 Å². The van der Waals surface area contributed by atoms with Gasteiger partial charge in [0.1, 0.15) is 6.10 Å². The van der Waals surface area contributed by atoms with Gasteiger partial charge in [-0.1, -0.05) is 21.0 Å². The van der Waals surface area contributed by atoms with Gasteiger partial charge in [0.15, 0.2) is 11.5 Å². The van der Waals surface area contributed by atoms with E-state index < -0.39 is 12.2 Å². The summed E-state index contributed by atoms with van der Waals surface area (Å²) in [5, 5.41) is 23.0. The summed E-state index contributed by atoms with van der Waals surface area (Å²) >= 11 is 3.28. The molecule has 19 heavy (non-hydrogen) atoms. The molecule has 0 aliphatic heterocycles. The molecular weight excluding hydrogens is 318 g/mol. The number of methoxy groups -OCH3 is 2. The number of benzene rings is 1. The summed E-state index contributed by atoms with van der Waals surface area (Å²) in [6.07, 6.45) is -2.41. The first kappa shape index (κ1) is 15.6. The molecule has 2 N–H and O–H groups in total. The second-order valence-corrected chi connectivity index (χ2v) is 4.51. The topological polar surface area (TPSA) is 108 Å². The number of ether oxygens (including phenoxy) is 2. The Kier molecular flexibility index (Phi) is 5.91. The van der Waals surface area contributed by atoms with Crippen LogP contribution in [0, 0.1) is 0 Å². The number of hydrogen-bond donors (Lipinski definition) is 2. The Hall–Kier alpha value is -1.47. The predicted octanol–water partition coefficient (Wildman–Crippen LogP) is 2.17. The molecule has 0 radical (unpaired) electrons. The third kappa shape index (κ3) is 3.74. The van der Waals surface area contributed by atoms with E-state index in [0.29, 0.717) is 21.5 Å². The first-order valence-corrected chi connectivity index (χ1v) is 6.12. The molecule has 1 rings (SSSR count). The van der Waals surface area contributed by atoms with Crippen LogP contribution in [0.3, 0.4) is 0 Å². The minimum absolute atomic E-state index is 0.224. The van der Waals surface area contributed by atoms with Crippen LogP contribution in [0.1, 0.15) is 11.7 Å². The summed E-state index contributed by atoms with van der Waals surface area (Å²) in [4.78, 5) is 2.53. The third-order valence-electron chi connectivity index (χ3n) is 2.52. The zero-order valence-corrected chi connectivity index (χ0v) is 12.0. The molecule has 0 saturated carbocycles. The number of halogens is 1. The van der Waals surface area contributed by atoms with Crippen LogP contribution in [0.2, 0.25) is 0 Å². The monoisotopic (exact) mass is 331 g/mol. The van der Waals surface area contributed by atoms with Crippen molar-refractivity contribution in [1.82, 2.24) is 0 Å². The van der Waals surface area contributed by atoms with Gasteiger partial charge in [-0.25, -0.2) is 0 Å². The van der Waals surface area contributed by atoms with Gasteiger partial charge in [0, 0.05) is 14.9 Å². The molecule has 0 amide bonds. The third-order valence-corrected chi connectivity index (χ3v) is 3.20. The van der Waals surface area contributed by atoms with E-state index in [1.165, 1.54) is 14.2 Å². The standard InChI is InChI=1S/C11H14BrN3O4/c1-18-9-3-6(7(12)4-10(9)19-2)11(17)8(16)5-14-15-13/h3-4,8,11,16-17H,5H2,1-2H3. The van der Waals surface area contributed by atoms with Crippen LogP contribution < -0.4 is 9.47 Å². The molecule has 7 nitrogen and oxygen atoms in total. The van der Waals surface area contributed by atoms with E-state index >= 15 is 0 Å². The minimum atomic E-state index is -1.21. The second-order valence-electron chi connectivity index (χ2n) is 3.65. The molecule has 1 aromatic carbocycles. The van der Waals surface area contributed by atoms with Crippen molar-refractivity contribution >= 4 is 15.9 Å². The lowest BCUT2D eigenvalue weighted by Crippen LogP contribution is -2.21. The second kappa shape index (κ2) is 7.20. The van der Waals surface area contributed by atoms with Crippen molar-refractivity contribution in [2.24, 2.45) is 5.11 Å². The van der Waals surface area contributed by atoms with E-state index in [2.05, 4.69) is 26.0 Å². The van der Waals surface area contributed by atoms with Crippen LogP contribution in [0.4, 0.5) is 0 Å². The van der Waals surface area contributed by atoms with Crippen LogP contribution in [0.5, 0.6) is 11.5 Å². The zero-order valence-electron chi connectivity index (χ0n) is 10.4. The van der Waals surface area contributed by atoms with Gasteiger partial charge in [-0.15, -0.1) is 0 Å². The maximum Gasteiger partial charge on any atom is 0.161 e. The van der Waals surface area contributed by atoms with Crippen LogP contribution in [-0.4, -0.2) is 37.1 Å². The van der Waals surface area contributed by atoms with Crippen molar-refractivity contribution in [3.63, 3.8) is 0 Å². The largest absolute Gasteiger partial charge is 0.493 e. The Morgan fingerprint density at radius 2 is 1.89 bits per heavy atom. The highest BCUT2D eigenvalue weighted by Crippen LogP contribution is 2.36. The van der Waals surface area contributed by atoms with E-state index in [-0.39, 0.29) is 6.54 Å². The van der Waals surface area contributed by atoms with E-state index in [4.69, 9.17) is 15.0 Å². The molecule has 8 heteroatoms. The lowest BCUT2D eigenvalue weighted by atomic mass is 10.0. The van der Waals surface area contributed by atoms with Gasteiger partial charge in [0.25, 0.3) is 0 Å². The minimum Gasteiger partial charge on any atom is -0.493 e. The number of hydrogen-bond acceptors (Lipinski definition) is 5. The fraction of sp³-hybridized carbons (Fsp3) is 0.455. The average molecular weight is 332 g/mol. The summed E-state index contributed by atoms with van der Waals surface area (Å²) in [5.74, 6) is 0.922. The Balaban J connectivity index is 3.08. The van der Waals surface area contributed by atoms with Gasteiger partial charge in [0.05, 0.1) is 26.9 Å². The van der Waals surface area contributed by atoms with Gasteiger partial charge in [-0.05, 0) is 17.7 Å². The maximum atomic E-state index is 10.0. The highest BCUT2D eigenvalue weighted by molar-refractivity contribution is 9.10. The molecule has 0 bridgehead atoms. The molecule has 0 heterocycles. The van der Waals surface area contributed by atoms with Crippen molar-refractivity contribution < 1.29 is 19.7 Å². The van der Waals surface area contributed by atoms with E-state index in [9.17, 15) is 10.2 Å². The summed E-state index contributed by atoms with van der Waals surface area (Å²) in [6, 6.07) is 3.17. The van der Waals surface area contributed by atoms with Gasteiger partial charge in [0.2, 0.25) is 0 Å². The number of aliphatic hydroxyl groups is 2. The summed E-state index contributed by atoms with van der Waals surface area (Å²) in [7, 11) is 2.97. The van der Waals surface area contributed by atoms with Crippen molar-refractivity contribution in [2.45, 2.75) is 12.2 Å². The van der Waals surface area contributed by atoms with Crippen LogP contribution in [-0.2, 0) is 0 Å². The van der Waals surface area contributed by atoms with Crippen LogP contribution in [0.15, 0.2) is 21.7 Å². The van der Waals surface area contributed by atoms with Crippen molar-refractivity contribution in [2.75, 3.05) is 20.8 Å². The molecule has 0 aliphatic rings. The molecule has 0 aliphatic carbocycles. The lowest BCUT2D eigenvalue weighted by molar-refractivity contribution is 0.0238. The van der Waals surface area contributed by atoms with Gasteiger partial charge >= 0.3 is 0 Å². The SMILES string of the molecule is COc1cc(Br)c(C(O)C(O)CN=[N+]=[N-])cc1OC. The first-order valence-electron chi connectivity index (χ1n) is 5.33. The molecule has 1 aromatic rings. The van der Waals surface area contributed by atoms with Crippen molar-refractivity contribution in [1.29, 1.82) is 0 Å². The number of aliphatic hydroxyl groups excluding tert-OH is 2. The lowest BCUT2D eigenvalue weighted by Gasteiger charge is -2.19. The van der Waals surface area contributed by atoms with E-state index in [0.717, 1.165) is 0 Å².